The molecule has 24 heavy (non-hydrogen) atoms. The molecule has 0 N–H and O–H groups in total. The van der Waals surface area contributed by atoms with E-state index in [1.807, 2.05) is 0 Å². The summed E-state index contributed by atoms with van der Waals surface area (Å²) >= 11 is 2.70. The van der Waals surface area contributed by atoms with Crippen molar-refractivity contribution in [2.45, 2.75) is 45.1 Å². The van der Waals surface area contributed by atoms with Gasteiger partial charge in [0, 0.05) is 10.0 Å². The van der Waals surface area contributed by atoms with Gasteiger partial charge in [-0.2, -0.15) is 13.2 Å². The molecule has 9 heteroatoms. The Labute approximate surface area is 145 Å². The first-order valence-electron chi connectivity index (χ1n) is 7.04. The van der Waals surface area contributed by atoms with Crippen LogP contribution < -0.4 is 0 Å². The number of halogens is 6. The van der Waals surface area contributed by atoms with Crippen LogP contribution in [0, 0.1) is 5.82 Å². The standard InChI is InChI=1S/C15H15BBrF5O2/c1-13(2)14(3,4)24-16(23-13)11(19)7-8-10(18)6-5-9(12(8)17)15(20,21)22/h5-7H,1-4H3. The Morgan fingerprint density at radius 3 is 2.08 bits per heavy atom. The van der Waals surface area contributed by atoms with Gasteiger partial charge in [-0.3, -0.25) is 0 Å². The van der Waals surface area contributed by atoms with E-state index in [-0.39, 0.29) is 0 Å². The van der Waals surface area contributed by atoms with Crippen LogP contribution in [-0.4, -0.2) is 18.3 Å². The van der Waals surface area contributed by atoms with Crippen molar-refractivity contribution in [3.63, 3.8) is 0 Å². The lowest BCUT2D eigenvalue weighted by molar-refractivity contribution is -0.138. The maximum atomic E-state index is 14.4. The fourth-order valence-corrected chi connectivity index (χ4v) is 2.74. The zero-order valence-electron chi connectivity index (χ0n) is 13.4. The maximum absolute atomic E-state index is 14.4. The molecular formula is C15H15BBrF5O2. The van der Waals surface area contributed by atoms with Crippen LogP contribution in [0.1, 0.15) is 38.8 Å². The van der Waals surface area contributed by atoms with Crippen LogP contribution in [-0.2, 0) is 15.5 Å². The molecule has 1 fully saturated rings. The van der Waals surface area contributed by atoms with Gasteiger partial charge in [-0.25, -0.2) is 8.78 Å². The van der Waals surface area contributed by atoms with Gasteiger partial charge in [0.25, 0.3) is 0 Å². The highest BCUT2D eigenvalue weighted by Crippen LogP contribution is 2.41. The number of hydrogen-bond donors (Lipinski definition) is 0. The van der Waals surface area contributed by atoms with Crippen LogP contribution in [0.5, 0.6) is 0 Å². The summed E-state index contributed by atoms with van der Waals surface area (Å²) in [5.74, 6) is -0.999. The minimum atomic E-state index is -4.70. The summed E-state index contributed by atoms with van der Waals surface area (Å²) in [5.41, 5.74) is -4.33. The van der Waals surface area contributed by atoms with Gasteiger partial charge >= 0.3 is 13.3 Å². The first-order valence-corrected chi connectivity index (χ1v) is 7.83. The quantitative estimate of drug-likeness (QED) is 0.468. The molecule has 1 aliphatic rings. The Kier molecular flexibility index (Phi) is 4.93. The molecule has 1 saturated heterocycles. The molecule has 1 aromatic carbocycles. The number of rotatable bonds is 2. The van der Waals surface area contributed by atoms with Crippen LogP contribution in [0.2, 0.25) is 0 Å². The predicted molar refractivity (Wildman–Crippen MR) is 84.3 cm³/mol. The van der Waals surface area contributed by atoms with Gasteiger partial charge in [0.2, 0.25) is 0 Å². The zero-order valence-corrected chi connectivity index (χ0v) is 15.0. The molecule has 0 spiro atoms. The summed E-state index contributed by atoms with van der Waals surface area (Å²) in [6.45, 7) is 6.78. The number of hydrogen-bond acceptors (Lipinski definition) is 2. The Morgan fingerprint density at radius 2 is 1.62 bits per heavy atom. The first-order chi connectivity index (χ1) is 10.8. The van der Waals surface area contributed by atoms with Gasteiger partial charge in [0.1, 0.15) is 11.5 Å². The lowest BCUT2D eigenvalue weighted by atomic mass is 9.86. The number of benzene rings is 1. The molecule has 1 heterocycles. The van der Waals surface area contributed by atoms with Crippen molar-refractivity contribution in [3.05, 3.63) is 39.3 Å². The smallest absolute Gasteiger partial charge is 0.398 e. The van der Waals surface area contributed by atoms with Gasteiger partial charge in [0.05, 0.1) is 16.8 Å². The third-order valence-corrected chi connectivity index (χ3v) is 5.05. The van der Waals surface area contributed by atoms with E-state index < -0.39 is 51.6 Å². The second kappa shape index (κ2) is 6.11. The van der Waals surface area contributed by atoms with Crippen molar-refractivity contribution >= 4 is 29.1 Å². The molecule has 0 amide bonds. The molecule has 0 saturated carbocycles. The molecule has 132 valence electrons. The lowest BCUT2D eigenvalue weighted by Gasteiger charge is -2.32. The molecule has 0 bridgehead atoms. The highest BCUT2D eigenvalue weighted by atomic mass is 79.9. The molecular weight excluding hydrogens is 398 g/mol. The fraction of sp³-hybridized carbons (Fsp3) is 0.467. The molecule has 0 radical (unpaired) electrons. The molecule has 2 rings (SSSR count). The van der Waals surface area contributed by atoms with Gasteiger partial charge in [0.15, 0.2) is 0 Å². The summed E-state index contributed by atoms with van der Waals surface area (Å²) in [5, 5.41) is 0. The summed E-state index contributed by atoms with van der Waals surface area (Å²) in [7, 11) is -1.42. The molecule has 2 nitrogen and oxygen atoms in total. The average molecular weight is 413 g/mol. The average Bonchev–Trinajstić information content (AvgIpc) is 2.61. The normalized spacial score (nSPS) is 20.6. The van der Waals surface area contributed by atoms with Crippen molar-refractivity contribution in [1.29, 1.82) is 0 Å². The summed E-state index contributed by atoms with van der Waals surface area (Å²) in [6.07, 6.45) is -4.05. The predicted octanol–water partition coefficient (Wildman–Crippen LogP) is 5.55. The highest BCUT2D eigenvalue weighted by Gasteiger charge is 2.53. The van der Waals surface area contributed by atoms with Crippen LogP contribution in [0.15, 0.2) is 22.3 Å². The van der Waals surface area contributed by atoms with Gasteiger partial charge in [-0.15, -0.1) is 0 Å². The minimum Gasteiger partial charge on any atom is -0.398 e. The molecule has 1 aliphatic heterocycles. The highest BCUT2D eigenvalue weighted by molar-refractivity contribution is 9.10. The van der Waals surface area contributed by atoms with Crippen molar-refractivity contribution in [3.8, 4) is 0 Å². The summed E-state index contributed by atoms with van der Waals surface area (Å²) in [4.78, 5) is 0. The summed E-state index contributed by atoms with van der Waals surface area (Å²) < 4.78 is 77.3. The van der Waals surface area contributed by atoms with Crippen molar-refractivity contribution in [1.82, 2.24) is 0 Å². The Morgan fingerprint density at radius 1 is 1.12 bits per heavy atom. The van der Waals surface area contributed by atoms with Gasteiger partial charge in [-0.05, 0) is 61.8 Å². The van der Waals surface area contributed by atoms with Crippen molar-refractivity contribution in [2.24, 2.45) is 0 Å². The van der Waals surface area contributed by atoms with E-state index in [0.717, 1.165) is 0 Å². The van der Waals surface area contributed by atoms with E-state index in [9.17, 15) is 22.0 Å². The van der Waals surface area contributed by atoms with E-state index in [1.54, 1.807) is 27.7 Å². The van der Waals surface area contributed by atoms with E-state index >= 15 is 0 Å². The van der Waals surface area contributed by atoms with Crippen LogP contribution in [0.3, 0.4) is 0 Å². The monoisotopic (exact) mass is 412 g/mol. The molecule has 0 atom stereocenters. The van der Waals surface area contributed by atoms with E-state index in [1.165, 1.54) is 0 Å². The molecule has 0 aliphatic carbocycles. The maximum Gasteiger partial charge on any atom is 0.525 e. The van der Waals surface area contributed by atoms with Crippen LogP contribution in [0.4, 0.5) is 22.0 Å². The summed E-state index contributed by atoms with van der Waals surface area (Å²) in [6, 6.07) is 1.22. The number of alkyl halides is 3. The van der Waals surface area contributed by atoms with E-state index in [2.05, 4.69) is 15.9 Å². The molecule has 0 unspecified atom stereocenters. The third kappa shape index (κ3) is 3.53. The molecule has 1 aromatic rings. The Hall–Kier alpha value is -0.925. The van der Waals surface area contributed by atoms with Crippen LogP contribution >= 0.6 is 15.9 Å². The van der Waals surface area contributed by atoms with Gasteiger partial charge < -0.3 is 9.31 Å². The zero-order chi connectivity index (χ0) is 18.5. The first kappa shape index (κ1) is 19.4. The second-order valence-corrected chi connectivity index (χ2v) is 7.23. The van der Waals surface area contributed by atoms with Gasteiger partial charge in [-0.1, -0.05) is 0 Å². The van der Waals surface area contributed by atoms with E-state index in [4.69, 9.17) is 9.31 Å². The van der Waals surface area contributed by atoms with Crippen molar-refractivity contribution in [2.75, 3.05) is 0 Å². The van der Waals surface area contributed by atoms with Crippen molar-refractivity contribution < 1.29 is 31.3 Å². The lowest BCUT2D eigenvalue weighted by Crippen LogP contribution is -2.41. The SMILES string of the molecule is CC1(C)OB(C(F)=Cc2c(F)ccc(C(F)(F)F)c2Br)OC1(C)C. The minimum absolute atomic E-state index is 0.558. The Bertz CT molecular complexity index is 669. The van der Waals surface area contributed by atoms with E-state index in [0.29, 0.717) is 18.2 Å². The fourth-order valence-electron chi connectivity index (χ4n) is 2.08. The topological polar surface area (TPSA) is 18.5 Å². The Balaban J connectivity index is 2.42. The van der Waals surface area contributed by atoms with Crippen LogP contribution in [0.25, 0.3) is 6.08 Å². The third-order valence-electron chi connectivity index (χ3n) is 4.19. The second-order valence-electron chi connectivity index (χ2n) is 6.44. The molecule has 0 aromatic heterocycles. The largest absolute Gasteiger partial charge is 0.525 e.